The van der Waals surface area contributed by atoms with Crippen LogP contribution in [0.5, 0.6) is 0 Å². The molecule has 4 aliphatic carbocycles. The molecule has 6 nitrogen and oxygen atoms in total. The van der Waals surface area contributed by atoms with Crippen LogP contribution in [0.4, 0.5) is 4.79 Å². The fourth-order valence-corrected chi connectivity index (χ4v) is 7.37. The number of amides is 3. The molecular weight excluding hydrogens is 330 g/mol. The normalized spacial score (nSPS) is 43.7. The van der Waals surface area contributed by atoms with Gasteiger partial charge in [0.15, 0.2) is 0 Å². The van der Waals surface area contributed by atoms with Gasteiger partial charge in [0.05, 0.1) is 12.2 Å². The number of primary amides is 1. The molecule has 1 saturated heterocycles. The number of ether oxygens (including phenoxy) is 1. The van der Waals surface area contributed by atoms with E-state index in [-0.39, 0.29) is 11.5 Å². The molecule has 2 unspecified atom stereocenters. The van der Waals surface area contributed by atoms with E-state index in [4.69, 9.17) is 10.5 Å². The first kappa shape index (κ1) is 18.1. The second kappa shape index (κ2) is 6.11. The summed E-state index contributed by atoms with van der Waals surface area (Å²) in [5.74, 6) is 0.702. The Labute approximate surface area is 156 Å². The van der Waals surface area contributed by atoms with Gasteiger partial charge in [-0.05, 0) is 68.1 Å². The smallest absolute Gasteiger partial charge is 0.315 e. The Morgan fingerprint density at radius 3 is 2.46 bits per heavy atom. The van der Waals surface area contributed by atoms with E-state index in [2.05, 4.69) is 19.2 Å². The van der Waals surface area contributed by atoms with E-state index in [0.29, 0.717) is 36.9 Å². The SMILES string of the molecule is CC12CC3CC(C)(C1)CC(OCCNC(=O)[C@@H]1CCCN1C(N)=O)(C3)C2. The van der Waals surface area contributed by atoms with Crippen molar-refractivity contribution in [1.82, 2.24) is 10.2 Å². The Morgan fingerprint density at radius 2 is 1.85 bits per heavy atom. The van der Waals surface area contributed by atoms with Crippen molar-refractivity contribution in [3.05, 3.63) is 0 Å². The zero-order chi connectivity index (χ0) is 18.6. The van der Waals surface area contributed by atoms with E-state index in [1.54, 1.807) is 0 Å². The third kappa shape index (κ3) is 3.21. The van der Waals surface area contributed by atoms with Crippen LogP contribution in [0.1, 0.15) is 65.2 Å². The van der Waals surface area contributed by atoms with Crippen LogP contribution in [-0.2, 0) is 9.53 Å². The Kier molecular flexibility index (Phi) is 4.25. The van der Waals surface area contributed by atoms with Gasteiger partial charge >= 0.3 is 6.03 Å². The van der Waals surface area contributed by atoms with Gasteiger partial charge < -0.3 is 20.7 Å². The quantitative estimate of drug-likeness (QED) is 0.736. The number of nitrogens with zero attached hydrogens (tertiary/aromatic N) is 1. The lowest BCUT2D eigenvalue weighted by atomic mass is 9.43. The highest BCUT2D eigenvalue weighted by molar-refractivity contribution is 5.87. The standard InChI is InChI=1S/C20H33N3O3/c1-18-8-14-9-19(2,11-18)13-20(10-14,12-18)26-7-5-22-16(24)15-4-3-6-23(15)17(21)25/h14-15H,3-13H2,1-2H3,(H2,21,25)(H,22,24)/t14?,15-,18?,19?,20?/m0/s1. The molecule has 6 heteroatoms. The van der Waals surface area contributed by atoms with Crippen molar-refractivity contribution in [3.8, 4) is 0 Å². The maximum atomic E-state index is 12.4. The zero-order valence-electron chi connectivity index (χ0n) is 16.2. The number of nitrogens with two attached hydrogens (primary N) is 1. The Bertz CT molecular complexity index is 589. The summed E-state index contributed by atoms with van der Waals surface area (Å²) >= 11 is 0. The van der Waals surface area contributed by atoms with Gasteiger partial charge in [-0.2, -0.15) is 0 Å². The predicted molar refractivity (Wildman–Crippen MR) is 98.4 cm³/mol. The fraction of sp³-hybridized carbons (Fsp3) is 0.900. The minimum absolute atomic E-state index is 0.0141. The molecule has 3 atom stereocenters. The van der Waals surface area contributed by atoms with Crippen LogP contribution < -0.4 is 11.1 Å². The van der Waals surface area contributed by atoms with Crippen LogP contribution in [0.15, 0.2) is 0 Å². The summed E-state index contributed by atoms with van der Waals surface area (Å²) in [6.07, 6.45) is 9.09. The third-order valence-electron chi connectivity index (χ3n) is 7.22. The number of nitrogens with one attached hydrogen (secondary N) is 1. The highest BCUT2D eigenvalue weighted by Gasteiger charge is 2.60. The molecule has 5 aliphatic rings. The molecule has 3 N–H and O–H groups in total. The summed E-state index contributed by atoms with van der Waals surface area (Å²) < 4.78 is 6.44. The number of carbonyl (C=O) groups is 2. The van der Waals surface area contributed by atoms with Crippen LogP contribution >= 0.6 is 0 Å². The number of urea groups is 1. The number of hydrogen-bond acceptors (Lipinski definition) is 3. The van der Waals surface area contributed by atoms with Crippen LogP contribution in [-0.4, -0.2) is 48.2 Å². The molecule has 26 heavy (non-hydrogen) atoms. The first-order valence-corrected chi connectivity index (χ1v) is 10.2. The average molecular weight is 364 g/mol. The van der Waals surface area contributed by atoms with E-state index in [9.17, 15) is 9.59 Å². The van der Waals surface area contributed by atoms with Gasteiger partial charge in [-0.1, -0.05) is 13.8 Å². The lowest BCUT2D eigenvalue weighted by molar-refractivity contribution is -0.213. The van der Waals surface area contributed by atoms with Gasteiger partial charge in [0.2, 0.25) is 5.91 Å². The van der Waals surface area contributed by atoms with E-state index in [1.807, 2.05) is 0 Å². The monoisotopic (exact) mass is 363 g/mol. The van der Waals surface area contributed by atoms with Crippen LogP contribution in [0.3, 0.4) is 0 Å². The van der Waals surface area contributed by atoms with Gasteiger partial charge in [-0.25, -0.2) is 4.79 Å². The van der Waals surface area contributed by atoms with E-state index < -0.39 is 12.1 Å². The van der Waals surface area contributed by atoms with Crippen molar-refractivity contribution in [1.29, 1.82) is 0 Å². The minimum atomic E-state index is -0.506. The van der Waals surface area contributed by atoms with Gasteiger partial charge in [-0.3, -0.25) is 4.79 Å². The van der Waals surface area contributed by atoms with Crippen molar-refractivity contribution in [2.24, 2.45) is 22.5 Å². The summed E-state index contributed by atoms with van der Waals surface area (Å²) in [5, 5.41) is 2.95. The molecule has 0 radical (unpaired) electrons. The second-order valence-electron chi connectivity index (χ2n) is 10.1. The van der Waals surface area contributed by atoms with E-state index >= 15 is 0 Å². The fourth-order valence-electron chi connectivity index (χ4n) is 7.37. The maximum Gasteiger partial charge on any atom is 0.315 e. The van der Waals surface area contributed by atoms with Crippen molar-refractivity contribution in [2.45, 2.75) is 76.9 Å². The van der Waals surface area contributed by atoms with Crippen molar-refractivity contribution >= 4 is 11.9 Å². The lowest BCUT2D eigenvalue weighted by Gasteiger charge is -2.65. The molecule has 4 bridgehead atoms. The summed E-state index contributed by atoms with van der Waals surface area (Å²) in [5.41, 5.74) is 6.24. The van der Waals surface area contributed by atoms with Gasteiger partial charge in [-0.15, -0.1) is 0 Å². The first-order chi connectivity index (χ1) is 12.2. The zero-order valence-corrected chi connectivity index (χ0v) is 16.2. The van der Waals surface area contributed by atoms with Crippen molar-refractivity contribution in [3.63, 3.8) is 0 Å². The Balaban J connectivity index is 1.29. The maximum absolute atomic E-state index is 12.4. The third-order valence-corrected chi connectivity index (χ3v) is 7.22. The average Bonchev–Trinajstić information content (AvgIpc) is 2.97. The van der Waals surface area contributed by atoms with E-state index in [0.717, 1.165) is 25.2 Å². The molecule has 4 saturated carbocycles. The number of likely N-dealkylation sites (tertiary alicyclic amines) is 1. The lowest BCUT2D eigenvalue weighted by Crippen LogP contribution is -2.59. The van der Waals surface area contributed by atoms with Gasteiger partial charge in [0.1, 0.15) is 6.04 Å². The molecule has 3 amide bonds. The Morgan fingerprint density at radius 1 is 1.15 bits per heavy atom. The molecule has 1 heterocycles. The molecule has 0 aromatic heterocycles. The predicted octanol–water partition coefficient (Wildman–Crippen LogP) is 2.41. The molecule has 0 aromatic rings. The van der Waals surface area contributed by atoms with Gasteiger partial charge in [0.25, 0.3) is 0 Å². The van der Waals surface area contributed by atoms with Gasteiger partial charge in [0, 0.05) is 13.1 Å². The largest absolute Gasteiger partial charge is 0.373 e. The summed E-state index contributed by atoms with van der Waals surface area (Å²) in [6, 6.07) is -0.918. The van der Waals surface area contributed by atoms with Crippen molar-refractivity contribution in [2.75, 3.05) is 19.7 Å². The summed E-state index contributed by atoms with van der Waals surface area (Å²) in [6.45, 7) is 6.50. The first-order valence-electron chi connectivity index (χ1n) is 10.2. The molecule has 0 aromatic carbocycles. The number of rotatable bonds is 5. The Hall–Kier alpha value is -1.30. The summed E-state index contributed by atoms with van der Waals surface area (Å²) in [7, 11) is 0. The van der Waals surface area contributed by atoms with E-state index in [1.165, 1.54) is 30.6 Å². The molecule has 0 spiro atoms. The van der Waals surface area contributed by atoms with Crippen LogP contribution in [0.2, 0.25) is 0 Å². The molecule has 5 fully saturated rings. The number of carbonyl (C=O) groups excluding carboxylic acids is 2. The highest BCUT2D eigenvalue weighted by Crippen LogP contribution is 2.67. The summed E-state index contributed by atoms with van der Waals surface area (Å²) in [4.78, 5) is 25.2. The van der Waals surface area contributed by atoms with Crippen LogP contribution in [0, 0.1) is 16.7 Å². The molecular formula is C20H33N3O3. The second-order valence-corrected chi connectivity index (χ2v) is 10.1. The van der Waals surface area contributed by atoms with Crippen LogP contribution in [0.25, 0.3) is 0 Å². The molecule has 5 rings (SSSR count). The topological polar surface area (TPSA) is 84.7 Å². The van der Waals surface area contributed by atoms with Crippen molar-refractivity contribution < 1.29 is 14.3 Å². The highest BCUT2D eigenvalue weighted by atomic mass is 16.5. The molecule has 1 aliphatic heterocycles. The molecule has 146 valence electrons. The minimum Gasteiger partial charge on any atom is -0.373 e. The number of hydrogen-bond donors (Lipinski definition) is 2.